The number of imide groups is 1. The molecule has 1 aromatic heterocycles. The van der Waals surface area contributed by atoms with Crippen molar-refractivity contribution in [2.45, 2.75) is 12.1 Å². The van der Waals surface area contributed by atoms with Crippen molar-refractivity contribution in [2.24, 2.45) is 0 Å². The third kappa shape index (κ3) is 3.36. The number of nitrogens with zero attached hydrogens (tertiary/aromatic N) is 2. The Labute approximate surface area is 165 Å². The third-order valence-corrected chi connectivity index (χ3v) is 4.71. The maximum Gasteiger partial charge on any atom is 0.323 e. The summed E-state index contributed by atoms with van der Waals surface area (Å²) in [5, 5.41) is 4.67. The zero-order chi connectivity index (χ0) is 20.6. The van der Waals surface area contributed by atoms with Crippen molar-refractivity contribution in [2.75, 3.05) is 13.7 Å². The molecule has 1 fully saturated rings. The number of halogens is 1. The predicted octanol–water partition coefficient (Wildman–Crippen LogP) is 0.815. The molecule has 29 heavy (non-hydrogen) atoms. The molecule has 2 aliphatic heterocycles. The van der Waals surface area contributed by atoms with E-state index in [0.29, 0.717) is 16.9 Å². The highest BCUT2D eigenvalue weighted by Crippen LogP contribution is 2.28. The number of hydrogen-bond donors (Lipinski definition) is 2. The van der Waals surface area contributed by atoms with Gasteiger partial charge in [-0.25, -0.2) is 9.78 Å². The Bertz CT molecular complexity index is 1090. The summed E-state index contributed by atoms with van der Waals surface area (Å²) in [7, 11) is 1.51. The smallest absolute Gasteiger partial charge is 0.323 e. The van der Waals surface area contributed by atoms with Crippen LogP contribution in [0.1, 0.15) is 21.5 Å². The number of aromatic nitrogens is 1. The number of methoxy groups -OCH3 is 1. The van der Waals surface area contributed by atoms with Gasteiger partial charge in [0.15, 0.2) is 0 Å². The quantitative estimate of drug-likeness (QED) is 0.456. The molecular weight excluding hydrogens is 379 g/mol. The Morgan fingerprint density at radius 1 is 1.28 bits per heavy atom. The standard InChI is InChI=1S/C20H15FN4O4/c1-29-14-4-3-13-10-25(17(26)15(13)8-14)11-20(18(27)23-19(28)24-20)7-6-12-2-5-16(21)22-9-12/h2-5,8-9H,10-11H2,1H3,(H2,23,24,27,28)/t20-/m1/s1. The number of pyridine rings is 1. The summed E-state index contributed by atoms with van der Waals surface area (Å²) in [5.41, 5.74) is -0.0143. The Balaban J connectivity index is 1.64. The van der Waals surface area contributed by atoms with Crippen LogP contribution in [0.3, 0.4) is 0 Å². The lowest BCUT2D eigenvalue weighted by atomic mass is 9.99. The number of carbonyl (C=O) groups is 3. The summed E-state index contributed by atoms with van der Waals surface area (Å²) in [6, 6.07) is 7.00. The van der Waals surface area contributed by atoms with Gasteiger partial charge in [0, 0.05) is 23.9 Å². The number of rotatable bonds is 3. The van der Waals surface area contributed by atoms with E-state index in [1.807, 2.05) is 0 Å². The molecule has 0 aliphatic carbocycles. The molecule has 9 heteroatoms. The summed E-state index contributed by atoms with van der Waals surface area (Å²) < 4.78 is 18.1. The molecule has 3 heterocycles. The fourth-order valence-corrected chi connectivity index (χ4v) is 3.24. The van der Waals surface area contributed by atoms with E-state index >= 15 is 0 Å². The molecule has 0 unspecified atom stereocenters. The normalized spacial score (nSPS) is 19.9. The van der Waals surface area contributed by atoms with Crippen molar-refractivity contribution in [3.8, 4) is 17.6 Å². The molecule has 0 spiro atoms. The van der Waals surface area contributed by atoms with E-state index in [1.165, 1.54) is 24.3 Å². The largest absolute Gasteiger partial charge is 0.497 e. The second kappa shape index (κ2) is 6.91. The highest BCUT2D eigenvalue weighted by molar-refractivity contribution is 6.10. The van der Waals surface area contributed by atoms with Crippen LogP contribution in [0.2, 0.25) is 0 Å². The maximum absolute atomic E-state index is 13.0. The molecule has 0 bridgehead atoms. The lowest BCUT2D eigenvalue weighted by molar-refractivity contribution is -0.122. The summed E-state index contributed by atoms with van der Waals surface area (Å²) in [6.45, 7) is 0.116. The first-order chi connectivity index (χ1) is 13.9. The van der Waals surface area contributed by atoms with Gasteiger partial charge in [-0.1, -0.05) is 17.9 Å². The molecule has 2 aromatic rings. The Kier molecular flexibility index (Phi) is 4.39. The van der Waals surface area contributed by atoms with Crippen LogP contribution < -0.4 is 15.4 Å². The molecule has 1 saturated heterocycles. The van der Waals surface area contributed by atoms with E-state index in [2.05, 4.69) is 27.5 Å². The van der Waals surface area contributed by atoms with Gasteiger partial charge in [-0.15, -0.1) is 0 Å². The minimum Gasteiger partial charge on any atom is -0.497 e. The Morgan fingerprint density at radius 2 is 2.10 bits per heavy atom. The highest BCUT2D eigenvalue weighted by Gasteiger charge is 2.48. The first kappa shape index (κ1) is 18.4. The number of ether oxygens (including phenoxy) is 1. The van der Waals surface area contributed by atoms with Crippen LogP contribution in [-0.2, 0) is 11.3 Å². The van der Waals surface area contributed by atoms with Crippen LogP contribution in [0.25, 0.3) is 0 Å². The molecule has 4 rings (SSSR count). The SMILES string of the molecule is COc1ccc2c(c1)C(=O)N(C[C@@]1(C#Cc3ccc(F)nc3)NC(=O)NC1=O)C2. The molecule has 8 nitrogen and oxygen atoms in total. The molecule has 0 radical (unpaired) electrons. The van der Waals surface area contributed by atoms with Gasteiger partial charge < -0.3 is 15.0 Å². The van der Waals surface area contributed by atoms with Crippen molar-refractivity contribution in [3.05, 3.63) is 59.2 Å². The van der Waals surface area contributed by atoms with Gasteiger partial charge in [0.2, 0.25) is 11.5 Å². The van der Waals surface area contributed by atoms with E-state index < -0.39 is 23.4 Å². The second-order valence-electron chi connectivity index (χ2n) is 6.62. The maximum atomic E-state index is 13.0. The molecule has 4 amide bonds. The molecule has 0 saturated carbocycles. The topological polar surface area (TPSA) is 101 Å². The zero-order valence-electron chi connectivity index (χ0n) is 15.3. The van der Waals surface area contributed by atoms with Crippen LogP contribution in [0.4, 0.5) is 9.18 Å². The number of amides is 4. The number of urea groups is 1. The average molecular weight is 394 g/mol. The first-order valence-corrected chi connectivity index (χ1v) is 8.65. The number of hydrogen-bond acceptors (Lipinski definition) is 5. The van der Waals surface area contributed by atoms with Gasteiger partial charge in [-0.3, -0.25) is 14.9 Å². The number of benzene rings is 1. The minimum absolute atomic E-state index is 0.151. The fraction of sp³-hybridized carbons (Fsp3) is 0.200. The average Bonchev–Trinajstić information content (AvgIpc) is 3.16. The predicted molar refractivity (Wildman–Crippen MR) is 98.2 cm³/mol. The van der Waals surface area contributed by atoms with E-state index in [1.54, 1.807) is 18.2 Å². The molecule has 1 aromatic carbocycles. The van der Waals surface area contributed by atoms with Crippen LogP contribution in [-0.4, -0.2) is 46.9 Å². The van der Waals surface area contributed by atoms with Crippen LogP contribution in [0.15, 0.2) is 36.5 Å². The van der Waals surface area contributed by atoms with E-state index in [4.69, 9.17) is 4.74 Å². The minimum atomic E-state index is -1.63. The molecule has 2 aliphatic rings. The van der Waals surface area contributed by atoms with Crippen LogP contribution in [0.5, 0.6) is 5.75 Å². The van der Waals surface area contributed by atoms with Gasteiger partial charge >= 0.3 is 6.03 Å². The van der Waals surface area contributed by atoms with Crippen molar-refractivity contribution < 1.29 is 23.5 Å². The Morgan fingerprint density at radius 3 is 2.76 bits per heavy atom. The summed E-state index contributed by atoms with van der Waals surface area (Å²) in [4.78, 5) is 42.1. The van der Waals surface area contributed by atoms with E-state index in [0.717, 1.165) is 11.6 Å². The summed E-state index contributed by atoms with van der Waals surface area (Å²) in [5.74, 6) is 4.39. The lowest BCUT2D eigenvalue weighted by Crippen LogP contribution is -2.54. The molecule has 1 atom stereocenters. The summed E-state index contributed by atoms with van der Waals surface area (Å²) in [6.07, 6.45) is 1.22. The van der Waals surface area contributed by atoms with E-state index in [9.17, 15) is 18.8 Å². The zero-order valence-corrected chi connectivity index (χ0v) is 15.3. The van der Waals surface area contributed by atoms with Gasteiger partial charge in [0.25, 0.3) is 11.8 Å². The molecule has 146 valence electrons. The lowest BCUT2D eigenvalue weighted by Gasteiger charge is -2.26. The summed E-state index contributed by atoms with van der Waals surface area (Å²) >= 11 is 0. The number of nitrogens with one attached hydrogen (secondary N) is 2. The van der Waals surface area contributed by atoms with Gasteiger partial charge in [-0.05, 0) is 29.8 Å². The van der Waals surface area contributed by atoms with Crippen molar-refractivity contribution in [1.29, 1.82) is 0 Å². The molecular formula is C20H15FN4O4. The van der Waals surface area contributed by atoms with Crippen molar-refractivity contribution in [1.82, 2.24) is 20.5 Å². The van der Waals surface area contributed by atoms with Crippen LogP contribution >= 0.6 is 0 Å². The third-order valence-electron chi connectivity index (χ3n) is 4.71. The second-order valence-corrected chi connectivity index (χ2v) is 6.62. The van der Waals surface area contributed by atoms with Gasteiger partial charge in [0.05, 0.1) is 13.7 Å². The van der Waals surface area contributed by atoms with Crippen molar-refractivity contribution in [3.63, 3.8) is 0 Å². The van der Waals surface area contributed by atoms with Gasteiger partial charge in [-0.2, -0.15) is 4.39 Å². The van der Waals surface area contributed by atoms with E-state index in [-0.39, 0.29) is 19.0 Å². The molecule has 2 N–H and O–H groups in total. The number of fused-ring (bicyclic) bond motifs is 1. The van der Waals surface area contributed by atoms with Crippen LogP contribution in [0, 0.1) is 17.8 Å². The monoisotopic (exact) mass is 394 g/mol. The Hall–Kier alpha value is -3.93. The highest BCUT2D eigenvalue weighted by atomic mass is 19.1. The fourth-order valence-electron chi connectivity index (χ4n) is 3.24. The number of carbonyl (C=O) groups excluding carboxylic acids is 3. The van der Waals surface area contributed by atoms with Gasteiger partial charge in [0.1, 0.15) is 5.75 Å². The first-order valence-electron chi connectivity index (χ1n) is 8.65. The van der Waals surface area contributed by atoms with Crippen molar-refractivity contribution >= 4 is 17.8 Å².